The van der Waals surface area contributed by atoms with Crippen molar-refractivity contribution >= 4 is 29.5 Å². The van der Waals surface area contributed by atoms with Gasteiger partial charge in [-0.25, -0.2) is 9.18 Å². The molecule has 0 unspecified atom stereocenters. The molecule has 168 valence electrons. The molecular weight excluding hydrogens is 417 g/mol. The lowest BCUT2D eigenvalue weighted by atomic mass is 10.2. The van der Waals surface area contributed by atoms with Crippen LogP contribution in [0.25, 0.3) is 6.08 Å². The van der Waals surface area contributed by atoms with E-state index in [1.165, 1.54) is 29.2 Å². The van der Waals surface area contributed by atoms with Crippen molar-refractivity contribution in [3.8, 4) is 5.75 Å². The predicted molar refractivity (Wildman–Crippen MR) is 117 cm³/mol. The van der Waals surface area contributed by atoms with Crippen molar-refractivity contribution in [2.75, 3.05) is 49.2 Å². The molecule has 2 aromatic rings. The minimum Gasteiger partial charge on any atom is -0.508 e. The summed E-state index contributed by atoms with van der Waals surface area (Å²) in [5.74, 6) is -0.600. The van der Waals surface area contributed by atoms with E-state index in [-0.39, 0.29) is 24.7 Å². The summed E-state index contributed by atoms with van der Waals surface area (Å²) < 4.78 is 25.3. The average molecular weight is 441 g/mol. The minimum atomic E-state index is -0.581. The fraction of sp³-hybridized carbons (Fsp3) is 0.304. The van der Waals surface area contributed by atoms with Crippen LogP contribution in [-0.2, 0) is 14.3 Å². The van der Waals surface area contributed by atoms with E-state index in [4.69, 9.17) is 9.47 Å². The van der Waals surface area contributed by atoms with Gasteiger partial charge >= 0.3 is 6.09 Å². The number of carbonyl (C=O) groups excluding carboxylic acids is 2. The molecule has 2 aliphatic heterocycles. The summed E-state index contributed by atoms with van der Waals surface area (Å²) >= 11 is 0. The lowest BCUT2D eigenvalue weighted by Crippen LogP contribution is -2.36. The Morgan fingerprint density at radius 3 is 2.66 bits per heavy atom. The quantitative estimate of drug-likeness (QED) is 0.670. The van der Waals surface area contributed by atoms with Crippen LogP contribution in [0.2, 0.25) is 0 Å². The Morgan fingerprint density at radius 1 is 1.19 bits per heavy atom. The van der Waals surface area contributed by atoms with Gasteiger partial charge in [-0.1, -0.05) is 12.1 Å². The first-order chi connectivity index (χ1) is 15.5. The molecule has 2 aromatic carbocycles. The van der Waals surface area contributed by atoms with E-state index in [9.17, 15) is 19.1 Å². The molecule has 32 heavy (non-hydrogen) atoms. The number of nitrogens with one attached hydrogen (secondary N) is 1. The van der Waals surface area contributed by atoms with Gasteiger partial charge in [-0.05, 0) is 42.0 Å². The first-order valence-electron chi connectivity index (χ1n) is 10.3. The number of nitrogens with zero attached hydrogens (tertiary/aromatic N) is 2. The summed E-state index contributed by atoms with van der Waals surface area (Å²) in [7, 11) is 0. The van der Waals surface area contributed by atoms with Crippen LogP contribution in [0.3, 0.4) is 0 Å². The maximum absolute atomic E-state index is 14.7. The van der Waals surface area contributed by atoms with Gasteiger partial charge in [0, 0.05) is 19.2 Å². The number of phenolic OH excluding ortho intramolecular Hbond substituents is 1. The molecule has 0 saturated carbocycles. The summed E-state index contributed by atoms with van der Waals surface area (Å²) in [6.07, 6.45) is 1.85. The molecule has 8 nitrogen and oxygen atoms in total. The van der Waals surface area contributed by atoms with Gasteiger partial charge in [0.25, 0.3) is 0 Å². The molecule has 0 aromatic heterocycles. The van der Waals surface area contributed by atoms with Crippen LogP contribution in [0, 0.1) is 5.82 Å². The van der Waals surface area contributed by atoms with E-state index >= 15 is 0 Å². The van der Waals surface area contributed by atoms with Crippen LogP contribution >= 0.6 is 0 Å². The molecule has 0 radical (unpaired) electrons. The van der Waals surface area contributed by atoms with Gasteiger partial charge < -0.3 is 24.8 Å². The molecular formula is C23H24FN3O5. The van der Waals surface area contributed by atoms with Crippen LogP contribution in [0.1, 0.15) is 5.56 Å². The summed E-state index contributed by atoms with van der Waals surface area (Å²) in [5.41, 5.74) is 1.65. The van der Waals surface area contributed by atoms with Crippen molar-refractivity contribution in [1.82, 2.24) is 5.32 Å². The average Bonchev–Trinajstić information content (AvgIpc) is 3.18. The van der Waals surface area contributed by atoms with E-state index in [0.717, 1.165) is 5.56 Å². The molecule has 4 rings (SSSR count). The first-order valence-corrected chi connectivity index (χ1v) is 10.3. The number of ether oxygens (including phenoxy) is 2. The predicted octanol–water partition coefficient (Wildman–Crippen LogP) is 2.52. The number of amides is 2. The number of aromatic hydroxyl groups is 1. The summed E-state index contributed by atoms with van der Waals surface area (Å²) in [6.45, 7) is 2.68. The number of carbonyl (C=O) groups is 2. The standard InChI is InChI=1S/C23H24FN3O5/c24-20-13-17(4-7-21(20)26-9-11-31-12-10-26)27-15-19(32-23(27)30)14-25-22(29)8-3-16-1-5-18(28)6-2-16/h1-8,13,19,28H,9-12,14-15H2,(H,25,29)/b8-3+/t19-/m1/s1. The highest BCUT2D eigenvalue weighted by Crippen LogP contribution is 2.28. The zero-order valence-electron chi connectivity index (χ0n) is 17.4. The van der Waals surface area contributed by atoms with Crippen molar-refractivity contribution in [3.63, 3.8) is 0 Å². The third-order valence-corrected chi connectivity index (χ3v) is 5.29. The van der Waals surface area contributed by atoms with Crippen LogP contribution in [0.5, 0.6) is 5.75 Å². The van der Waals surface area contributed by atoms with Crippen molar-refractivity contribution in [2.24, 2.45) is 0 Å². The highest BCUT2D eigenvalue weighted by Gasteiger charge is 2.33. The van der Waals surface area contributed by atoms with Gasteiger partial charge in [-0.3, -0.25) is 9.69 Å². The number of hydrogen-bond acceptors (Lipinski definition) is 6. The molecule has 2 saturated heterocycles. The van der Waals surface area contributed by atoms with Gasteiger partial charge in [0.1, 0.15) is 17.7 Å². The number of benzene rings is 2. The Balaban J connectivity index is 1.31. The largest absolute Gasteiger partial charge is 0.508 e. The minimum absolute atomic E-state index is 0.134. The topological polar surface area (TPSA) is 91.3 Å². The normalized spacial score (nSPS) is 18.8. The lowest BCUT2D eigenvalue weighted by Gasteiger charge is -2.29. The lowest BCUT2D eigenvalue weighted by molar-refractivity contribution is -0.116. The van der Waals surface area contributed by atoms with Gasteiger partial charge in [-0.15, -0.1) is 0 Å². The first kappa shape index (κ1) is 21.6. The number of anilines is 2. The van der Waals surface area contributed by atoms with E-state index in [0.29, 0.717) is 37.7 Å². The van der Waals surface area contributed by atoms with Gasteiger partial charge in [0.05, 0.1) is 37.7 Å². The summed E-state index contributed by atoms with van der Waals surface area (Å²) in [4.78, 5) is 27.6. The highest BCUT2D eigenvalue weighted by molar-refractivity contribution is 5.92. The van der Waals surface area contributed by atoms with Gasteiger partial charge in [0.15, 0.2) is 0 Å². The van der Waals surface area contributed by atoms with Crippen LogP contribution in [0.4, 0.5) is 20.6 Å². The van der Waals surface area contributed by atoms with Crippen molar-refractivity contribution in [1.29, 1.82) is 0 Å². The second-order valence-electron chi connectivity index (χ2n) is 7.52. The zero-order valence-corrected chi connectivity index (χ0v) is 17.4. The maximum Gasteiger partial charge on any atom is 0.414 e. The molecule has 2 amide bonds. The third-order valence-electron chi connectivity index (χ3n) is 5.29. The molecule has 2 fully saturated rings. The van der Waals surface area contributed by atoms with E-state index in [1.807, 2.05) is 4.90 Å². The number of phenols is 1. The Hall–Kier alpha value is -3.59. The van der Waals surface area contributed by atoms with Gasteiger partial charge in [-0.2, -0.15) is 0 Å². The van der Waals surface area contributed by atoms with Crippen LogP contribution < -0.4 is 15.1 Å². The number of halogens is 1. The number of hydrogen-bond donors (Lipinski definition) is 2. The molecule has 2 heterocycles. The molecule has 0 spiro atoms. The van der Waals surface area contributed by atoms with E-state index in [2.05, 4.69) is 5.32 Å². The fourth-order valence-corrected chi connectivity index (χ4v) is 3.59. The molecule has 0 bridgehead atoms. The number of cyclic esters (lactones) is 1. The summed E-state index contributed by atoms with van der Waals surface area (Å²) in [5, 5.41) is 12.0. The highest BCUT2D eigenvalue weighted by atomic mass is 19.1. The monoisotopic (exact) mass is 441 g/mol. The number of rotatable bonds is 6. The zero-order chi connectivity index (χ0) is 22.5. The van der Waals surface area contributed by atoms with Crippen LogP contribution in [0.15, 0.2) is 48.5 Å². The van der Waals surface area contributed by atoms with Crippen LogP contribution in [-0.4, -0.2) is 62.6 Å². The van der Waals surface area contributed by atoms with Crippen molar-refractivity contribution in [3.05, 3.63) is 59.9 Å². The van der Waals surface area contributed by atoms with E-state index in [1.54, 1.807) is 30.3 Å². The van der Waals surface area contributed by atoms with Gasteiger partial charge in [0.2, 0.25) is 5.91 Å². The Labute approximate surface area is 184 Å². The third kappa shape index (κ3) is 5.17. The Bertz CT molecular complexity index is 1010. The molecule has 9 heteroatoms. The molecule has 2 aliphatic rings. The number of morpholine rings is 1. The SMILES string of the molecule is O=C(/C=C/c1ccc(O)cc1)NC[C@@H]1CN(c2ccc(N3CCOCC3)c(F)c2)C(=O)O1. The van der Waals surface area contributed by atoms with E-state index < -0.39 is 18.0 Å². The van der Waals surface area contributed by atoms with Crippen molar-refractivity contribution in [2.45, 2.75) is 6.10 Å². The Morgan fingerprint density at radius 2 is 1.94 bits per heavy atom. The molecule has 0 aliphatic carbocycles. The fourth-order valence-electron chi connectivity index (χ4n) is 3.59. The smallest absolute Gasteiger partial charge is 0.414 e. The molecule has 2 N–H and O–H groups in total. The second-order valence-corrected chi connectivity index (χ2v) is 7.52. The summed E-state index contributed by atoms with van der Waals surface area (Å²) in [6, 6.07) is 11.1. The molecule has 1 atom stereocenters. The Kier molecular flexibility index (Phi) is 6.55. The van der Waals surface area contributed by atoms with Crippen molar-refractivity contribution < 1.29 is 28.6 Å². The maximum atomic E-state index is 14.7. The second kappa shape index (κ2) is 9.69.